The molecule has 0 saturated carbocycles. The van der Waals surface area contributed by atoms with E-state index >= 15 is 0 Å². The second-order valence-electron chi connectivity index (χ2n) is 6.07. The zero-order chi connectivity index (χ0) is 16.1. The Morgan fingerprint density at radius 2 is 2.00 bits per heavy atom. The summed E-state index contributed by atoms with van der Waals surface area (Å²) in [5.41, 5.74) is 1.09. The molecule has 1 fully saturated rings. The number of piperidine rings is 1. The average molecular weight is 312 g/mol. The summed E-state index contributed by atoms with van der Waals surface area (Å²) in [6.45, 7) is 5.11. The van der Waals surface area contributed by atoms with Crippen LogP contribution < -0.4 is 15.0 Å². The van der Waals surface area contributed by atoms with Gasteiger partial charge in [-0.3, -0.25) is 0 Å². The van der Waals surface area contributed by atoms with Crippen molar-refractivity contribution in [3.05, 3.63) is 42.1 Å². The number of hydrogen-bond acceptors (Lipinski definition) is 5. The van der Waals surface area contributed by atoms with Crippen LogP contribution in [0.15, 0.2) is 36.5 Å². The zero-order valence-corrected chi connectivity index (χ0v) is 13.8. The van der Waals surface area contributed by atoms with E-state index in [0.29, 0.717) is 12.5 Å². The van der Waals surface area contributed by atoms with Gasteiger partial charge in [0.1, 0.15) is 11.6 Å². The molecule has 1 aliphatic rings. The highest BCUT2D eigenvalue weighted by molar-refractivity contribution is 5.44. The molecule has 0 unspecified atom stereocenters. The van der Waals surface area contributed by atoms with Crippen molar-refractivity contribution >= 4 is 11.8 Å². The Hall–Kier alpha value is -2.30. The fraction of sp³-hybridized carbons (Fsp3) is 0.444. The van der Waals surface area contributed by atoms with Gasteiger partial charge in [0, 0.05) is 31.4 Å². The number of rotatable bonds is 5. The van der Waals surface area contributed by atoms with Crippen molar-refractivity contribution in [1.29, 1.82) is 0 Å². The monoisotopic (exact) mass is 312 g/mol. The maximum absolute atomic E-state index is 5.37. The van der Waals surface area contributed by atoms with Crippen LogP contribution >= 0.6 is 0 Å². The van der Waals surface area contributed by atoms with Gasteiger partial charge in [-0.05, 0) is 30.9 Å². The normalized spacial score (nSPS) is 15.5. The number of ether oxygens (including phenoxy) is 1. The van der Waals surface area contributed by atoms with Crippen molar-refractivity contribution in [3.63, 3.8) is 0 Å². The topological polar surface area (TPSA) is 50.3 Å². The minimum atomic E-state index is 0.643. The molecular weight excluding hydrogens is 288 g/mol. The summed E-state index contributed by atoms with van der Waals surface area (Å²) >= 11 is 0. The fourth-order valence-electron chi connectivity index (χ4n) is 2.87. The summed E-state index contributed by atoms with van der Waals surface area (Å²) in [5, 5.41) is 3.30. The van der Waals surface area contributed by atoms with Gasteiger partial charge in [0.15, 0.2) is 0 Å². The molecule has 0 bridgehead atoms. The van der Waals surface area contributed by atoms with Crippen molar-refractivity contribution in [2.24, 2.45) is 5.92 Å². The Morgan fingerprint density at radius 3 is 2.78 bits per heavy atom. The standard InChI is InChI=1S/C18H24N4O/c1-14-8-11-22(12-9-14)17-7-10-19-18(21-17)20-13-15-5-3-4-6-16(15)23-2/h3-7,10,14H,8-9,11-13H2,1-2H3,(H,19,20,21). The van der Waals surface area contributed by atoms with Crippen LogP contribution in [-0.4, -0.2) is 30.2 Å². The molecule has 23 heavy (non-hydrogen) atoms. The van der Waals surface area contributed by atoms with Crippen molar-refractivity contribution in [2.75, 3.05) is 30.4 Å². The summed E-state index contributed by atoms with van der Waals surface area (Å²) < 4.78 is 5.37. The summed E-state index contributed by atoms with van der Waals surface area (Å²) in [7, 11) is 1.69. The van der Waals surface area contributed by atoms with Gasteiger partial charge in [-0.15, -0.1) is 0 Å². The van der Waals surface area contributed by atoms with E-state index in [-0.39, 0.29) is 0 Å². The molecule has 5 nitrogen and oxygen atoms in total. The SMILES string of the molecule is COc1ccccc1CNc1nccc(N2CCC(C)CC2)n1. The van der Waals surface area contributed by atoms with Gasteiger partial charge >= 0.3 is 0 Å². The van der Waals surface area contributed by atoms with E-state index in [0.717, 1.165) is 36.1 Å². The molecule has 1 aliphatic heterocycles. The lowest BCUT2D eigenvalue weighted by Gasteiger charge is -2.31. The molecule has 1 saturated heterocycles. The smallest absolute Gasteiger partial charge is 0.224 e. The Kier molecular flexibility index (Phi) is 4.95. The van der Waals surface area contributed by atoms with Gasteiger partial charge in [-0.25, -0.2) is 4.98 Å². The first-order valence-electron chi connectivity index (χ1n) is 8.20. The Bertz CT molecular complexity index is 638. The molecule has 2 heterocycles. The molecule has 3 rings (SSSR count). The predicted molar refractivity (Wildman–Crippen MR) is 93.0 cm³/mol. The summed E-state index contributed by atoms with van der Waals surface area (Å²) in [5.74, 6) is 3.36. The molecule has 1 aromatic heterocycles. The quantitative estimate of drug-likeness (QED) is 0.917. The molecule has 122 valence electrons. The first kappa shape index (κ1) is 15.6. The van der Waals surface area contributed by atoms with Gasteiger partial charge in [0.25, 0.3) is 0 Å². The third kappa shape index (κ3) is 3.92. The molecule has 2 aromatic rings. The summed E-state index contributed by atoms with van der Waals surface area (Å²) in [4.78, 5) is 11.3. The van der Waals surface area contributed by atoms with Crippen LogP contribution in [0.5, 0.6) is 5.75 Å². The Labute approximate surface area is 137 Å². The number of para-hydroxylation sites is 1. The number of anilines is 2. The second-order valence-corrected chi connectivity index (χ2v) is 6.07. The van der Waals surface area contributed by atoms with Crippen LogP contribution in [0, 0.1) is 5.92 Å². The zero-order valence-electron chi connectivity index (χ0n) is 13.8. The van der Waals surface area contributed by atoms with E-state index in [1.807, 2.05) is 36.5 Å². The lowest BCUT2D eigenvalue weighted by molar-refractivity contribution is 0.410. The van der Waals surface area contributed by atoms with E-state index in [2.05, 4.69) is 27.1 Å². The molecule has 0 radical (unpaired) electrons. The highest BCUT2D eigenvalue weighted by atomic mass is 16.5. The average Bonchev–Trinajstić information content (AvgIpc) is 2.61. The van der Waals surface area contributed by atoms with Crippen molar-refractivity contribution in [3.8, 4) is 5.75 Å². The molecule has 0 aliphatic carbocycles. The van der Waals surface area contributed by atoms with Gasteiger partial charge in [-0.2, -0.15) is 4.98 Å². The largest absolute Gasteiger partial charge is 0.496 e. The molecule has 0 atom stereocenters. The minimum absolute atomic E-state index is 0.643. The van der Waals surface area contributed by atoms with Gasteiger partial charge in [0.2, 0.25) is 5.95 Å². The first-order chi connectivity index (χ1) is 11.3. The van der Waals surface area contributed by atoms with E-state index in [1.54, 1.807) is 7.11 Å². The molecule has 0 spiro atoms. The highest BCUT2D eigenvalue weighted by Gasteiger charge is 2.17. The van der Waals surface area contributed by atoms with Gasteiger partial charge in [0.05, 0.1) is 7.11 Å². The molecular formula is C18H24N4O. The first-order valence-corrected chi connectivity index (χ1v) is 8.20. The summed E-state index contributed by atoms with van der Waals surface area (Å²) in [6.07, 6.45) is 4.28. The Morgan fingerprint density at radius 1 is 1.22 bits per heavy atom. The van der Waals surface area contributed by atoms with E-state index in [4.69, 9.17) is 4.74 Å². The van der Waals surface area contributed by atoms with E-state index < -0.39 is 0 Å². The van der Waals surface area contributed by atoms with Crippen LogP contribution in [0.2, 0.25) is 0 Å². The van der Waals surface area contributed by atoms with Crippen LogP contribution in [0.1, 0.15) is 25.3 Å². The van der Waals surface area contributed by atoms with Crippen molar-refractivity contribution < 1.29 is 4.74 Å². The number of hydrogen-bond donors (Lipinski definition) is 1. The lowest BCUT2D eigenvalue weighted by Crippen LogP contribution is -2.33. The number of benzene rings is 1. The lowest BCUT2D eigenvalue weighted by atomic mass is 9.99. The maximum Gasteiger partial charge on any atom is 0.224 e. The molecule has 5 heteroatoms. The number of methoxy groups -OCH3 is 1. The highest BCUT2D eigenvalue weighted by Crippen LogP contribution is 2.22. The van der Waals surface area contributed by atoms with Gasteiger partial charge < -0.3 is 15.0 Å². The molecule has 1 aromatic carbocycles. The van der Waals surface area contributed by atoms with Gasteiger partial charge in [-0.1, -0.05) is 25.1 Å². The summed E-state index contributed by atoms with van der Waals surface area (Å²) in [6, 6.07) is 9.97. The third-order valence-corrected chi connectivity index (χ3v) is 4.38. The molecule has 0 amide bonds. The third-order valence-electron chi connectivity index (χ3n) is 4.38. The number of nitrogens with one attached hydrogen (secondary N) is 1. The Balaban J connectivity index is 1.66. The van der Waals surface area contributed by atoms with E-state index in [9.17, 15) is 0 Å². The van der Waals surface area contributed by atoms with Crippen LogP contribution in [-0.2, 0) is 6.54 Å². The fourth-order valence-corrected chi connectivity index (χ4v) is 2.87. The van der Waals surface area contributed by atoms with E-state index in [1.165, 1.54) is 12.8 Å². The van der Waals surface area contributed by atoms with Crippen LogP contribution in [0.4, 0.5) is 11.8 Å². The molecule has 1 N–H and O–H groups in total. The van der Waals surface area contributed by atoms with Crippen LogP contribution in [0.25, 0.3) is 0 Å². The number of nitrogens with zero attached hydrogens (tertiary/aromatic N) is 3. The maximum atomic E-state index is 5.37. The minimum Gasteiger partial charge on any atom is -0.496 e. The second kappa shape index (κ2) is 7.31. The number of aromatic nitrogens is 2. The predicted octanol–water partition coefficient (Wildman–Crippen LogP) is 3.33. The van der Waals surface area contributed by atoms with Crippen molar-refractivity contribution in [1.82, 2.24) is 9.97 Å². The van der Waals surface area contributed by atoms with Crippen molar-refractivity contribution in [2.45, 2.75) is 26.3 Å². The van der Waals surface area contributed by atoms with Crippen LogP contribution in [0.3, 0.4) is 0 Å².